The van der Waals surface area contributed by atoms with E-state index in [9.17, 15) is 0 Å². The lowest BCUT2D eigenvalue weighted by molar-refractivity contribution is 0.333. The van der Waals surface area contributed by atoms with Crippen LogP contribution in [-0.2, 0) is 0 Å². The summed E-state index contributed by atoms with van der Waals surface area (Å²) < 4.78 is 7.81. The molecule has 0 radical (unpaired) electrons. The average molecular weight is 318 g/mol. The van der Waals surface area contributed by atoms with Crippen molar-refractivity contribution in [1.29, 1.82) is 0 Å². The largest absolute Gasteiger partial charge is 0.454 e. The second-order valence-electron chi connectivity index (χ2n) is 6.46. The van der Waals surface area contributed by atoms with E-state index in [-0.39, 0.29) is 0 Å². The summed E-state index contributed by atoms with van der Waals surface area (Å²) in [6.45, 7) is 0.993. The van der Waals surface area contributed by atoms with Gasteiger partial charge in [0.2, 0.25) is 0 Å². The van der Waals surface area contributed by atoms with Gasteiger partial charge in [-0.2, -0.15) is 0 Å². The summed E-state index contributed by atoms with van der Waals surface area (Å²) >= 11 is 0. The number of anilines is 1. The molecule has 0 aliphatic heterocycles. The fourth-order valence-electron chi connectivity index (χ4n) is 3.19. The fraction of sp³-hybridized carbons (Fsp3) is 0.263. The number of fused-ring (bicyclic) bond motifs is 2. The second kappa shape index (κ2) is 5.37. The van der Waals surface area contributed by atoms with E-state index in [1.54, 1.807) is 0 Å². The highest BCUT2D eigenvalue weighted by Gasteiger charge is 2.17. The summed E-state index contributed by atoms with van der Waals surface area (Å²) in [5, 5.41) is 9.22. The lowest BCUT2D eigenvalue weighted by Crippen LogP contribution is -2.21. The Hall–Kier alpha value is -2.82. The topological polar surface area (TPSA) is 55.4 Å². The number of benzene rings is 1. The van der Waals surface area contributed by atoms with Crippen LogP contribution in [0.1, 0.15) is 19.3 Å². The van der Waals surface area contributed by atoms with E-state index in [0.717, 1.165) is 46.4 Å². The highest BCUT2D eigenvalue weighted by molar-refractivity contribution is 5.82. The molecule has 0 spiro atoms. The van der Waals surface area contributed by atoms with Crippen molar-refractivity contribution >= 4 is 22.4 Å². The summed E-state index contributed by atoms with van der Waals surface area (Å²) in [6, 6.07) is 14.0. The number of imidazole rings is 1. The number of furan rings is 1. The average Bonchev–Trinajstić information content (AvgIpc) is 3.16. The van der Waals surface area contributed by atoms with Crippen molar-refractivity contribution < 1.29 is 4.42 Å². The van der Waals surface area contributed by atoms with E-state index in [1.807, 2.05) is 53.2 Å². The minimum Gasteiger partial charge on any atom is -0.454 e. The molecule has 3 aromatic heterocycles. The van der Waals surface area contributed by atoms with Crippen molar-refractivity contribution in [3.05, 3.63) is 48.7 Å². The summed E-state index contributed by atoms with van der Waals surface area (Å²) in [5.74, 6) is 2.46. The Morgan fingerprint density at radius 2 is 2.08 bits per heavy atom. The molecule has 1 N–H and O–H groups in total. The molecule has 1 saturated carbocycles. The van der Waals surface area contributed by atoms with Crippen molar-refractivity contribution in [2.45, 2.75) is 19.3 Å². The van der Waals surface area contributed by atoms with E-state index < -0.39 is 0 Å². The van der Waals surface area contributed by atoms with Crippen molar-refractivity contribution in [3.63, 3.8) is 0 Å². The monoisotopic (exact) mass is 318 g/mol. The molecule has 120 valence electrons. The predicted molar refractivity (Wildman–Crippen MR) is 94.0 cm³/mol. The zero-order valence-corrected chi connectivity index (χ0v) is 13.3. The van der Waals surface area contributed by atoms with Gasteiger partial charge in [0.15, 0.2) is 11.4 Å². The Kier molecular flexibility index (Phi) is 3.04. The van der Waals surface area contributed by atoms with Crippen LogP contribution < -0.4 is 5.32 Å². The van der Waals surface area contributed by atoms with Gasteiger partial charge in [-0.25, -0.2) is 9.50 Å². The lowest BCUT2D eigenvalue weighted by Gasteiger charge is -2.25. The smallest absolute Gasteiger partial charge is 0.155 e. The van der Waals surface area contributed by atoms with Crippen molar-refractivity contribution in [1.82, 2.24) is 14.6 Å². The predicted octanol–water partition coefficient (Wildman–Crippen LogP) is 4.35. The summed E-state index contributed by atoms with van der Waals surface area (Å²) in [5.41, 5.74) is 2.56. The van der Waals surface area contributed by atoms with Crippen LogP contribution in [0.4, 0.5) is 5.82 Å². The molecule has 3 heterocycles. The van der Waals surface area contributed by atoms with Gasteiger partial charge < -0.3 is 9.73 Å². The normalized spacial score (nSPS) is 15.0. The van der Waals surface area contributed by atoms with E-state index in [4.69, 9.17) is 9.52 Å². The number of rotatable bonds is 4. The maximum Gasteiger partial charge on any atom is 0.155 e. The van der Waals surface area contributed by atoms with Gasteiger partial charge in [-0.3, -0.25) is 0 Å². The second-order valence-corrected chi connectivity index (χ2v) is 6.46. The lowest BCUT2D eigenvalue weighted by atomic mass is 9.85. The van der Waals surface area contributed by atoms with E-state index in [1.165, 1.54) is 19.3 Å². The number of aromatic nitrogens is 3. The Labute approximate surface area is 139 Å². The standard InChI is InChI=1S/C19H18N4O/c1-2-7-16-14(6-1)10-17(24-16)15-12-21-19-9-8-18(22-23(15)19)20-11-13-4-3-5-13/h1-2,6-10,12-13H,3-5,11H2,(H,20,22). The summed E-state index contributed by atoms with van der Waals surface area (Å²) in [7, 11) is 0. The van der Waals surface area contributed by atoms with Crippen molar-refractivity contribution in [3.8, 4) is 11.5 Å². The van der Waals surface area contributed by atoms with Gasteiger partial charge in [0.05, 0.1) is 6.20 Å². The molecule has 0 saturated heterocycles. The first-order valence-corrected chi connectivity index (χ1v) is 8.44. The van der Waals surface area contributed by atoms with Crippen LogP contribution >= 0.6 is 0 Å². The highest BCUT2D eigenvalue weighted by Crippen LogP contribution is 2.29. The van der Waals surface area contributed by atoms with E-state index in [2.05, 4.69) is 10.3 Å². The molecular weight excluding hydrogens is 300 g/mol. The molecule has 0 amide bonds. The molecule has 4 aromatic rings. The van der Waals surface area contributed by atoms with Gasteiger partial charge in [-0.05, 0) is 43.0 Å². The summed E-state index contributed by atoms with van der Waals surface area (Å²) in [6.07, 6.45) is 5.82. The molecule has 0 atom stereocenters. The number of nitrogens with zero attached hydrogens (tertiary/aromatic N) is 3. The number of hydrogen-bond donors (Lipinski definition) is 1. The van der Waals surface area contributed by atoms with Crippen LogP contribution in [0.25, 0.3) is 28.1 Å². The molecule has 1 aliphatic carbocycles. The SMILES string of the molecule is c1ccc2oc(-c3cnc4ccc(NCC5CCC5)nn34)cc2c1. The first-order valence-electron chi connectivity index (χ1n) is 8.44. The Balaban J connectivity index is 1.52. The quantitative estimate of drug-likeness (QED) is 0.607. The first kappa shape index (κ1) is 13.6. The van der Waals surface area contributed by atoms with Crippen molar-refractivity contribution in [2.24, 2.45) is 5.92 Å². The number of nitrogens with one attached hydrogen (secondary N) is 1. The van der Waals surface area contributed by atoms with Crippen LogP contribution in [0, 0.1) is 5.92 Å². The minimum absolute atomic E-state index is 0.785. The van der Waals surface area contributed by atoms with Gasteiger partial charge in [-0.1, -0.05) is 24.6 Å². The molecule has 0 bridgehead atoms. The number of para-hydroxylation sites is 1. The Bertz CT molecular complexity index is 979. The third kappa shape index (κ3) is 2.24. The maximum atomic E-state index is 5.96. The molecule has 1 aromatic carbocycles. The maximum absolute atomic E-state index is 5.96. The van der Waals surface area contributed by atoms with E-state index in [0.29, 0.717) is 0 Å². The molecule has 5 rings (SSSR count). The Morgan fingerprint density at radius 1 is 1.17 bits per heavy atom. The van der Waals surface area contributed by atoms with Gasteiger partial charge in [0.25, 0.3) is 0 Å². The third-order valence-corrected chi connectivity index (χ3v) is 4.84. The van der Waals surface area contributed by atoms with Gasteiger partial charge >= 0.3 is 0 Å². The highest BCUT2D eigenvalue weighted by atomic mass is 16.3. The third-order valence-electron chi connectivity index (χ3n) is 4.84. The molecule has 1 aliphatic rings. The molecule has 0 unspecified atom stereocenters. The van der Waals surface area contributed by atoms with Crippen LogP contribution in [-0.4, -0.2) is 21.1 Å². The summed E-state index contributed by atoms with van der Waals surface area (Å²) in [4.78, 5) is 4.44. The van der Waals surface area contributed by atoms with Crippen LogP contribution in [0.3, 0.4) is 0 Å². The van der Waals surface area contributed by atoms with Gasteiger partial charge in [-0.15, -0.1) is 5.10 Å². The van der Waals surface area contributed by atoms with Crippen molar-refractivity contribution in [2.75, 3.05) is 11.9 Å². The molecule has 5 heteroatoms. The number of hydrogen-bond acceptors (Lipinski definition) is 4. The minimum atomic E-state index is 0.785. The molecule has 5 nitrogen and oxygen atoms in total. The van der Waals surface area contributed by atoms with Crippen LogP contribution in [0.15, 0.2) is 53.1 Å². The fourth-order valence-corrected chi connectivity index (χ4v) is 3.19. The Morgan fingerprint density at radius 3 is 2.92 bits per heavy atom. The zero-order chi connectivity index (χ0) is 15.9. The molecule has 1 fully saturated rings. The van der Waals surface area contributed by atoms with Gasteiger partial charge in [0.1, 0.15) is 17.1 Å². The molecule has 24 heavy (non-hydrogen) atoms. The van der Waals surface area contributed by atoms with Gasteiger partial charge in [0, 0.05) is 11.9 Å². The first-order chi connectivity index (χ1) is 11.9. The van der Waals surface area contributed by atoms with Crippen LogP contribution in [0.5, 0.6) is 0 Å². The molecular formula is C19H18N4O. The van der Waals surface area contributed by atoms with Crippen LogP contribution in [0.2, 0.25) is 0 Å². The van der Waals surface area contributed by atoms with E-state index >= 15 is 0 Å². The zero-order valence-electron chi connectivity index (χ0n) is 13.3.